The van der Waals surface area contributed by atoms with Crippen LogP contribution in [-0.2, 0) is 0 Å². The lowest BCUT2D eigenvalue weighted by Crippen LogP contribution is -2.56. The summed E-state index contributed by atoms with van der Waals surface area (Å²) in [5, 5.41) is 0. The van der Waals surface area contributed by atoms with E-state index in [1.807, 2.05) is 0 Å². The number of rotatable bonds is 4. The maximum Gasteiger partial charge on any atom is 0.0300 e. The first kappa shape index (κ1) is 13.9. The number of hydrogen-bond donors (Lipinski definition) is 1. The van der Waals surface area contributed by atoms with Crippen molar-refractivity contribution in [2.24, 2.45) is 11.1 Å². The highest BCUT2D eigenvalue weighted by Crippen LogP contribution is 2.29. The van der Waals surface area contributed by atoms with Crippen LogP contribution in [0.4, 0.5) is 0 Å². The van der Waals surface area contributed by atoms with Crippen LogP contribution in [-0.4, -0.2) is 30.1 Å². The van der Waals surface area contributed by atoms with Gasteiger partial charge in [0, 0.05) is 18.1 Å². The molecule has 0 saturated heterocycles. The molecule has 86 valence electrons. The molecule has 2 N–H and O–H groups in total. The van der Waals surface area contributed by atoms with Crippen molar-refractivity contribution >= 4 is 0 Å². The molecule has 0 aromatic heterocycles. The van der Waals surface area contributed by atoms with Crippen molar-refractivity contribution in [3.05, 3.63) is 0 Å². The van der Waals surface area contributed by atoms with Gasteiger partial charge in [0.2, 0.25) is 0 Å². The van der Waals surface area contributed by atoms with Gasteiger partial charge in [0.15, 0.2) is 0 Å². The first-order valence-electron chi connectivity index (χ1n) is 5.62. The second-order valence-electron chi connectivity index (χ2n) is 5.71. The van der Waals surface area contributed by atoms with Crippen LogP contribution >= 0.6 is 0 Å². The van der Waals surface area contributed by atoms with Crippen LogP contribution in [0.25, 0.3) is 0 Å². The molecule has 2 nitrogen and oxygen atoms in total. The third kappa shape index (κ3) is 2.96. The average molecular weight is 200 g/mol. The molecule has 2 heteroatoms. The summed E-state index contributed by atoms with van der Waals surface area (Å²) >= 11 is 0. The molecule has 14 heavy (non-hydrogen) atoms. The van der Waals surface area contributed by atoms with Crippen LogP contribution in [0, 0.1) is 5.41 Å². The number of nitrogens with two attached hydrogens (primary N) is 1. The second kappa shape index (κ2) is 4.63. The highest BCUT2D eigenvalue weighted by atomic mass is 15.2. The summed E-state index contributed by atoms with van der Waals surface area (Å²) < 4.78 is 0. The molecule has 0 aliphatic carbocycles. The Balaban J connectivity index is 4.67. The molecule has 0 aliphatic heterocycles. The summed E-state index contributed by atoms with van der Waals surface area (Å²) in [6.07, 6.45) is 1.10. The summed E-state index contributed by atoms with van der Waals surface area (Å²) in [7, 11) is 2.19. The van der Waals surface area contributed by atoms with Crippen molar-refractivity contribution in [2.45, 2.75) is 59.5 Å². The van der Waals surface area contributed by atoms with E-state index in [9.17, 15) is 0 Å². The van der Waals surface area contributed by atoms with Crippen molar-refractivity contribution in [1.29, 1.82) is 0 Å². The lowest BCUT2D eigenvalue weighted by Gasteiger charge is -2.46. The topological polar surface area (TPSA) is 29.3 Å². The van der Waals surface area contributed by atoms with E-state index in [1.165, 1.54) is 0 Å². The van der Waals surface area contributed by atoms with E-state index >= 15 is 0 Å². The quantitative estimate of drug-likeness (QED) is 0.755. The van der Waals surface area contributed by atoms with Crippen LogP contribution < -0.4 is 5.73 Å². The monoisotopic (exact) mass is 200 g/mol. The minimum atomic E-state index is 0.132. The molecule has 2 unspecified atom stereocenters. The van der Waals surface area contributed by atoms with Crippen molar-refractivity contribution in [3.63, 3.8) is 0 Å². The summed E-state index contributed by atoms with van der Waals surface area (Å²) in [5.74, 6) is 0. The van der Waals surface area contributed by atoms with Gasteiger partial charge in [-0.1, -0.05) is 27.7 Å². The Morgan fingerprint density at radius 1 is 1.21 bits per heavy atom. The molecule has 0 saturated carbocycles. The van der Waals surface area contributed by atoms with E-state index in [4.69, 9.17) is 5.73 Å². The highest BCUT2D eigenvalue weighted by Gasteiger charge is 2.34. The minimum Gasteiger partial charge on any atom is -0.329 e. The van der Waals surface area contributed by atoms with Crippen LogP contribution in [0.5, 0.6) is 0 Å². The normalized spacial score (nSPS) is 19.5. The smallest absolute Gasteiger partial charge is 0.0300 e. The number of hydrogen-bond acceptors (Lipinski definition) is 2. The standard InChI is InChI=1S/C12H28N2/c1-8-12(6,9-13)14(7)10(2)11(3,4)5/h10H,8-9,13H2,1-7H3. The van der Waals surface area contributed by atoms with E-state index in [0.717, 1.165) is 13.0 Å². The zero-order valence-corrected chi connectivity index (χ0v) is 11.0. The van der Waals surface area contributed by atoms with Gasteiger partial charge in [-0.3, -0.25) is 4.90 Å². The van der Waals surface area contributed by atoms with Crippen LogP contribution in [0.3, 0.4) is 0 Å². The number of nitrogens with zero attached hydrogens (tertiary/aromatic N) is 1. The Bertz CT molecular complexity index is 166. The van der Waals surface area contributed by atoms with Crippen LogP contribution in [0.1, 0.15) is 48.0 Å². The summed E-state index contributed by atoms with van der Waals surface area (Å²) in [4.78, 5) is 2.42. The van der Waals surface area contributed by atoms with E-state index in [1.54, 1.807) is 0 Å². The zero-order chi connectivity index (χ0) is 11.6. The fourth-order valence-corrected chi connectivity index (χ4v) is 1.59. The maximum atomic E-state index is 5.86. The third-order valence-corrected chi connectivity index (χ3v) is 3.89. The molecule has 0 bridgehead atoms. The van der Waals surface area contributed by atoms with Crippen molar-refractivity contribution < 1.29 is 0 Å². The fourth-order valence-electron chi connectivity index (χ4n) is 1.59. The molecular weight excluding hydrogens is 172 g/mol. The Labute approximate surface area is 89.9 Å². The summed E-state index contributed by atoms with van der Waals surface area (Å²) in [6.45, 7) is 14.3. The van der Waals surface area contributed by atoms with Crippen molar-refractivity contribution in [2.75, 3.05) is 13.6 Å². The summed E-state index contributed by atoms with van der Waals surface area (Å²) in [6, 6.07) is 0.538. The van der Waals surface area contributed by atoms with Gasteiger partial charge in [-0.25, -0.2) is 0 Å². The fraction of sp³-hybridized carbons (Fsp3) is 1.00. The van der Waals surface area contributed by atoms with Gasteiger partial charge in [-0.2, -0.15) is 0 Å². The van der Waals surface area contributed by atoms with Gasteiger partial charge >= 0.3 is 0 Å². The SMILES string of the molecule is CCC(C)(CN)N(C)C(C)C(C)(C)C. The molecule has 0 rings (SSSR count). The Hall–Kier alpha value is -0.0800. The van der Waals surface area contributed by atoms with Crippen LogP contribution in [0.15, 0.2) is 0 Å². The molecule has 0 fully saturated rings. The lowest BCUT2D eigenvalue weighted by molar-refractivity contribution is 0.0401. The summed E-state index contributed by atoms with van der Waals surface area (Å²) in [5.41, 5.74) is 6.30. The Kier molecular flexibility index (Phi) is 4.60. The first-order chi connectivity index (χ1) is 6.19. The predicted molar refractivity (Wildman–Crippen MR) is 64.4 cm³/mol. The van der Waals surface area contributed by atoms with Crippen molar-refractivity contribution in [1.82, 2.24) is 4.90 Å². The molecule has 0 aromatic rings. The molecule has 2 atom stereocenters. The molecule has 0 heterocycles. The van der Waals surface area contributed by atoms with Gasteiger partial charge in [-0.15, -0.1) is 0 Å². The predicted octanol–water partition coefficient (Wildman–Crippen LogP) is 2.48. The molecule has 0 amide bonds. The van der Waals surface area contributed by atoms with Gasteiger partial charge in [-0.05, 0) is 32.7 Å². The third-order valence-electron chi connectivity index (χ3n) is 3.89. The molecule has 0 radical (unpaired) electrons. The van der Waals surface area contributed by atoms with Gasteiger partial charge < -0.3 is 5.73 Å². The second-order valence-corrected chi connectivity index (χ2v) is 5.71. The number of likely N-dealkylation sites (N-methyl/N-ethyl adjacent to an activating group) is 1. The maximum absolute atomic E-state index is 5.86. The van der Waals surface area contributed by atoms with Gasteiger partial charge in [0.25, 0.3) is 0 Å². The van der Waals surface area contributed by atoms with Gasteiger partial charge in [0.1, 0.15) is 0 Å². The molecular formula is C12H28N2. The minimum absolute atomic E-state index is 0.132. The molecule has 0 spiro atoms. The van der Waals surface area contributed by atoms with E-state index in [-0.39, 0.29) is 5.54 Å². The van der Waals surface area contributed by atoms with Crippen LogP contribution in [0.2, 0.25) is 0 Å². The average Bonchev–Trinajstić information content (AvgIpc) is 2.12. The largest absolute Gasteiger partial charge is 0.329 e. The van der Waals surface area contributed by atoms with E-state index in [2.05, 4.69) is 53.5 Å². The first-order valence-corrected chi connectivity index (χ1v) is 5.62. The van der Waals surface area contributed by atoms with E-state index in [0.29, 0.717) is 11.5 Å². The van der Waals surface area contributed by atoms with E-state index < -0.39 is 0 Å². The Morgan fingerprint density at radius 3 is 1.86 bits per heavy atom. The van der Waals surface area contributed by atoms with Crippen molar-refractivity contribution in [3.8, 4) is 0 Å². The zero-order valence-electron chi connectivity index (χ0n) is 11.0. The Morgan fingerprint density at radius 2 is 1.64 bits per heavy atom. The molecule has 0 aromatic carbocycles. The van der Waals surface area contributed by atoms with Gasteiger partial charge in [0.05, 0.1) is 0 Å². The molecule has 0 aliphatic rings. The highest BCUT2D eigenvalue weighted by molar-refractivity contribution is 4.90. The lowest BCUT2D eigenvalue weighted by atomic mass is 9.83.